The molecule has 0 aliphatic heterocycles. The van der Waals surface area contributed by atoms with Crippen molar-refractivity contribution in [1.82, 2.24) is 15.4 Å². The Kier molecular flexibility index (Phi) is 10.2. The highest BCUT2D eigenvalue weighted by molar-refractivity contribution is 14.0. The summed E-state index contributed by atoms with van der Waals surface area (Å²) in [6.07, 6.45) is 7.09. The molecule has 0 aromatic heterocycles. The monoisotopic (exact) mass is 416 g/mol. The van der Waals surface area contributed by atoms with Crippen LogP contribution in [0.4, 0.5) is 0 Å². The van der Waals surface area contributed by atoms with Gasteiger partial charge >= 0.3 is 0 Å². The third-order valence-electron chi connectivity index (χ3n) is 2.92. The van der Waals surface area contributed by atoms with E-state index in [0.717, 1.165) is 25.2 Å². The lowest BCUT2D eigenvalue weighted by atomic mass is 10.2. The molecule has 0 atom stereocenters. The van der Waals surface area contributed by atoms with Crippen LogP contribution in [0.5, 0.6) is 0 Å². The van der Waals surface area contributed by atoms with Crippen molar-refractivity contribution in [2.24, 2.45) is 4.99 Å². The van der Waals surface area contributed by atoms with Gasteiger partial charge < -0.3 is 10.6 Å². The highest BCUT2D eigenvalue weighted by atomic mass is 127. The summed E-state index contributed by atoms with van der Waals surface area (Å²) in [6.45, 7) is 2.76. The van der Waals surface area contributed by atoms with E-state index >= 15 is 0 Å². The maximum atomic E-state index is 11.2. The highest BCUT2D eigenvalue weighted by Gasteiger charge is 2.11. The maximum Gasteiger partial charge on any atom is 0.211 e. The van der Waals surface area contributed by atoms with Crippen LogP contribution in [0, 0.1) is 0 Å². The van der Waals surface area contributed by atoms with Crippen molar-refractivity contribution in [1.29, 1.82) is 0 Å². The van der Waals surface area contributed by atoms with Crippen molar-refractivity contribution in [3.05, 3.63) is 12.2 Å². The van der Waals surface area contributed by atoms with Crippen LogP contribution >= 0.6 is 24.0 Å². The Labute approximate surface area is 139 Å². The summed E-state index contributed by atoms with van der Waals surface area (Å²) in [7, 11) is -1.34. The number of nitrogens with one attached hydrogen (secondary N) is 3. The van der Waals surface area contributed by atoms with Crippen LogP contribution in [0.15, 0.2) is 17.1 Å². The van der Waals surface area contributed by atoms with Gasteiger partial charge in [-0.05, 0) is 26.2 Å². The van der Waals surface area contributed by atoms with Crippen molar-refractivity contribution in [3.63, 3.8) is 0 Å². The first-order valence-corrected chi connectivity index (χ1v) is 8.32. The van der Waals surface area contributed by atoms with Crippen LogP contribution < -0.4 is 15.4 Å². The molecule has 0 spiro atoms. The molecular weight excluding hydrogens is 391 g/mol. The van der Waals surface area contributed by atoms with Crippen LogP contribution in [0.25, 0.3) is 0 Å². The van der Waals surface area contributed by atoms with E-state index in [0.29, 0.717) is 19.1 Å². The van der Waals surface area contributed by atoms with Gasteiger partial charge in [0.05, 0.1) is 5.75 Å². The molecule has 118 valence electrons. The molecule has 1 aliphatic carbocycles. The number of nitrogens with zero attached hydrogens (tertiary/aromatic N) is 1. The summed E-state index contributed by atoms with van der Waals surface area (Å²) in [6, 6.07) is 0.421. The molecule has 0 saturated heterocycles. The summed E-state index contributed by atoms with van der Waals surface area (Å²) in [5, 5.41) is 6.50. The number of halogens is 1. The zero-order valence-corrected chi connectivity index (χ0v) is 15.2. The summed E-state index contributed by atoms with van der Waals surface area (Å²) in [4.78, 5) is 4.14. The standard InChI is InChI=1S/C12H24N4O2S.HI/c1-3-19(17,18)15-10-6-9-14-12(13-2)16-11-7-4-5-8-11;/h4-5,11,15H,3,6-10H2,1-2H3,(H2,13,14,16);1H. The molecule has 0 heterocycles. The van der Waals surface area contributed by atoms with Gasteiger partial charge in [0, 0.05) is 26.2 Å². The Morgan fingerprint density at radius 3 is 2.50 bits per heavy atom. The molecule has 8 heteroatoms. The molecule has 6 nitrogen and oxygen atoms in total. The molecule has 0 unspecified atom stereocenters. The van der Waals surface area contributed by atoms with Gasteiger partial charge in [-0.15, -0.1) is 24.0 Å². The van der Waals surface area contributed by atoms with Gasteiger partial charge in [0.1, 0.15) is 0 Å². The molecule has 0 saturated carbocycles. The number of rotatable bonds is 7. The fourth-order valence-electron chi connectivity index (χ4n) is 1.75. The van der Waals surface area contributed by atoms with Crippen molar-refractivity contribution < 1.29 is 8.42 Å². The number of hydrogen-bond acceptors (Lipinski definition) is 3. The largest absolute Gasteiger partial charge is 0.356 e. The van der Waals surface area contributed by atoms with E-state index in [2.05, 4.69) is 32.5 Å². The molecule has 1 rings (SSSR count). The second-order valence-corrected chi connectivity index (χ2v) is 6.53. The minimum absolute atomic E-state index is 0. The number of sulfonamides is 1. The molecule has 0 aromatic carbocycles. The van der Waals surface area contributed by atoms with Crippen LogP contribution in [-0.4, -0.2) is 46.3 Å². The van der Waals surface area contributed by atoms with E-state index in [4.69, 9.17) is 0 Å². The van der Waals surface area contributed by atoms with Crippen LogP contribution in [0.3, 0.4) is 0 Å². The molecule has 0 aromatic rings. The van der Waals surface area contributed by atoms with E-state index in [1.165, 1.54) is 0 Å². The normalized spacial score (nSPS) is 16.0. The lowest BCUT2D eigenvalue weighted by Crippen LogP contribution is -2.43. The van der Waals surface area contributed by atoms with E-state index in [1.54, 1.807) is 14.0 Å². The average molecular weight is 416 g/mol. The second kappa shape index (κ2) is 10.4. The topological polar surface area (TPSA) is 82.6 Å². The van der Waals surface area contributed by atoms with Gasteiger partial charge in [-0.25, -0.2) is 13.1 Å². The van der Waals surface area contributed by atoms with E-state index in [9.17, 15) is 8.42 Å². The van der Waals surface area contributed by atoms with Gasteiger partial charge in [0.25, 0.3) is 0 Å². The third kappa shape index (κ3) is 8.05. The first kappa shape index (κ1) is 19.7. The van der Waals surface area contributed by atoms with Gasteiger partial charge in [0.2, 0.25) is 10.0 Å². The number of guanidine groups is 1. The molecule has 0 radical (unpaired) electrons. The van der Waals surface area contributed by atoms with E-state index in [1.807, 2.05) is 0 Å². The smallest absolute Gasteiger partial charge is 0.211 e. The zero-order valence-electron chi connectivity index (χ0n) is 12.1. The third-order valence-corrected chi connectivity index (χ3v) is 4.32. The van der Waals surface area contributed by atoms with Gasteiger partial charge in [-0.3, -0.25) is 4.99 Å². The summed E-state index contributed by atoms with van der Waals surface area (Å²) in [5.41, 5.74) is 0. The molecule has 1 aliphatic rings. The lowest BCUT2D eigenvalue weighted by Gasteiger charge is -2.16. The number of aliphatic imine (C=N–C) groups is 1. The van der Waals surface area contributed by atoms with Crippen molar-refractivity contribution in [3.8, 4) is 0 Å². The molecule has 20 heavy (non-hydrogen) atoms. The SMILES string of the molecule is CCS(=O)(=O)NCCCNC(=NC)NC1CC=CC1.I. The fourth-order valence-corrected chi connectivity index (χ4v) is 2.41. The Morgan fingerprint density at radius 1 is 1.30 bits per heavy atom. The highest BCUT2D eigenvalue weighted by Crippen LogP contribution is 2.08. The van der Waals surface area contributed by atoms with Gasteiger partial charge in [-0.1, -0.05) is 12.2 Å². The minimum Gasteiger partial charge on any atom is -0.356 e. The van der Waals surface area contributed by atoms with Crippen LogP contribution in [-0.2, 0) is 10.0 Å². The Hall–Kier alpha value is -0.350. The predicted molar refractivity (Wildman–Crippen MR) is 94.2 cm³/mol. The van der Waals surface area contributed by atoms with Crippen LogP contribution in [0.1, 0.15) is 26.2 Å². The lowest BCUT2D eigenvalue weighted by molar-refractivity contribution is 0.579. The molecule has 0 bridgehead atoms. The minimum atomic E-state index is -3.08. The Balaban J connectivity index is 0.00000361. The first-order chi connectivity index (χ1) is 9.07. The van der Waals surface area contributed by atoms with E-state index in [-0.39, 0.29) is 29.7 Å². The zero-order chi connectivity index (χ0) is 14.1. The quantitative estimate of drug-likeness (QED) is 0.189. The fraction of sp³-hybridized carbons (Fsp3) is 0.750. The van der Waals surface area contributed by atoms with Crippen molar-refractivity contribution in [2.45, 2.75) is 32.2 Å². The van der Waals surface area contributed by atoms with Gasteiger partial charge in [-0.2, -0.15) is 0 Å². The number of hydrogen-bond donors (Lipinski definition) is 3. The van der Waals surface area contributed by atoms with Crippen molar-refractivity contribution in [2.75, 3.05) is 25.9 Å². The summed E-state index contributed by atoms with van der Waals surface area (Å²) in [5.74, 6) is 0.894. The maximum absolute atomic E-state index is 11.2. The first-order valence-electron chi connectivity index (χ1n) is 6.67. The average Bonchev–Trinajstić information content (AvgIpc) is 2.89. The van der Waals surface area contributed by atoms with Crippen LogP contribution in [0.2, 0.25) is 0 Å². The molecule has 3 N–H and O–H groups in total. The Bertz CT molecular complexity index is 415. The van der Waals surface area contributed by atoms with Gasteiger partial charge in [0.15, 0.2) is 5.96 Å². The predicted octanol–water partition coefficient (Wildman–Crippen LogP) is 0.817. The Morgan fingerprint density at radius 2 is 1.95 bits per heavy atom. The molecular formula is C12H25IN4O2S. The second-order valence-electron chi connectivity index (χ2n) is 4.43. The summed E-state index contributed by atoms with van der Waals surface area (Å²) >= 11 is 0. The molecule has 0 fully saturated rings. The van der Waals surface area contributed by atoms with E-state index < -0.39 is 10.0 Å². The molecule has 0 amide bonds. The summed E-state index contributed by atoms with van der Waals surface area (Å²) < 4.78 is 25.0. The van der Waals surface area contributed by atoms with Crippen molar-refractivity contribution >= 4 is 40.0 Å².